The van der Waals surface area contributed by atoms with Crippen molar-refractivity contribution in [3.63, 3.8) is 0 Å². The molecule has 0 bridgehead atoms. The van der Waals surface area contributed by atoms with Crippen molar-refractivity contribution in [3.8, 4) is 0 Å². The molecule has 1 amide bonds. The average molecular weight is 462 g/mol. The number of para-hydroxylation sites is 1. The third kappa shape index (κ3) is 4.77. The summed E-state index contributed by atoms with van der Waals surface area (Å²) >= 11 is 0. The number of carboxylic acid groups (broad SMARTS) is 1. The van der Waals surface area contributed by atoms with Crippen LogP contribution >= 0.6 is 0 Å². The van der Waals surface area contributed by atoms with Gasteiger partial charge in [-0.2, -0.15) is 0 Å². The second kappa shape index (κ2) is 10.0. The second-order valence-electron chi connectivity index (χ2n) is 8.22. The number of carbonyl (C=O) groups excluding carboxylic acids is 2. The molecule has 8 nitrogen and oxygen atoms in total. The van der Waals surface area contributed by atoms with Gasteiger partial charge in [0.05, 0.1) is 16.6 Å². The molecule has 2 aromatic carbocycles. The minimum absolute atomic E-state index is 0.118. The van der Waals surface area contributed by atoms with Crippen molar-refractivity contribution in [3.05, 3.63) is 70.9 Å². The van der Waals surface area contributed by atoms with Gasteiger partial charge in [0.2, 0.25) is 0 Å². The van der Waals surface area contributed by atoms with Gasteiger partial charge >= 0.3 is 11.9 Å². The number of aromatic nitrogens is 1. The monoisotopic (exact) mass is 461 g/mol. The standard InChI is InChI=1S/C26H27N3O5/c1-3-22(24(30)27-17-11-9-16(10-12-17)25(31)32)34-26(33)23-18-7-5-6-8-20(18)28-21-13-14-29(4-2)15-19(21)23/h5-12,22H,3-4,13-15H2,1-2H3,(H,27,30)(H,31,32). The Morgan fingerprint density at radius 1 is 1.12 bits per heavy atom. The molecule has 0 spiro atoms. The van der Waals surface area contributed by atoms with Crippen LogP contribution in [0.15, 0.2) is 48.5 Å². The molecule has 1 aromatic heterocycles. The first-order valence-corrected chi connectivity index (χ1v) is 11.4. The Hall–Kier alpha value is -3.78. The van der Waals surface area contributed by atoms with Crippen molar-refractivity contribution in [2.24, 2.45) is 0 Å². The highest BCUT2D eigenvalue weighted by Gasteiger charge is 2.29. The van der Waals surface area contributed by atoms with E-state index in [0.29, 0.717) is 23.2 Å². The van der Waals surface area contributed by atoms with Gasteiger partial charge in [0.1, 0.15) is 0 Å². The number of aromatic carboxylic acids is 1. The highest BCUT2D eigenvalue weighted by Crippen LogP contribution is 2.29. The number of carbonyl (C=O) groups is 3. The van der Waals surface area contributed by atoms with Crippen LogP contribution in [0.25, 0.3) is 10.9 Å². The zero-order chi connectivity index (χ0) is 24.2. The molecule has 176 valence electrons. The van der Waals surface area contributed by atoms with Gasteiger partial charge in [0.15, 0.2) is 6.10 Å². The fourth-order valence-electron chi connectivity index (χ4n) is 4.18. The van der Waals surface area contributed by atoms with E-state index >= 15 is 0 Å². The van der Waals surface area contributed by atoms with E-state index in [4.69, 9.17) is 14.8 Å². The van der Waals surface area contributed by atoms with E-state index in [-0.39, 0.29) is 12.0 Å². The van der Waals surface area contributed by atoms with Gasteiger partial charge in [-0.05, 0) is 43.3 Å². The van der Waals surface area contributed by atoms with Gasteiger partial charge in [-0.15, -0.1) is 0 Å². The average Bonchev–Trinajstić information content (AvgIpc) is 2.85. The van der Waals surface area contributed by atoms with Crippen molar-refractivity contribution in [2.75, 3.05) is 18.4 Å². The summed E-state index contributed by atoms with van der Waals surface area (Å²) in [5, 5.41) is 12.4. The van der Waals surface area contributed by atoms with Crippen molar-refractivity contribution in [2.45, 2.75) is 39.3 Å². The van der Waals surface area contributed by atoms with Crippen molar-refractivity contribution >= 4 is 34.4 Å². The summed E-state index contributed by atoms with van der Waals surface area (Å²) < 4.78 is 5.73. The molecule has 1 aliphatic rings. The van der Waals surface area contributed by atoms with Crippen molar-refractivity contribution < 1.29 is 24.2 Å². The van der Waals surface area contributed by atoms with Crippen LogP contribution in [0.4, 0.5) is 5.69 Å². The van der Waals surface area contributed by atoms with Gasteiger partial charge in [-0.3, -0.25) is 14.7 Å². The van der Waals surface area contributed by atoms with Gasteiger partial charge in [0.25, 0.3) is 5.91 Å². The molecule has 0 fully saturated rings. The summed E-state index contributed by atoms with van der Waals surface area (Å²) in [5.41, 5.74) is 3.49. The number of pyridine rings is 1. The molecule has 8 heteroatoms. The maximum absolute atomic E-state index is 13.5. The number of hydrogen-bond acceptors (Lipinski definition) is 6. The predicted octanol–water partition coefficient (Wildman–Crippen LogP) is 3.89. The number of benzene rings is 2. The van der Waals surface area contributed by atoms with E-state index in [1.807, 2.05) is 24.3 Å². The Kier molecular flexibility index (Phi) is 6.88. The summed E-state index contributed by atoms with van der Waals surface area (Å²) in [4.78, 5) is 44.4. The topological polar surface area (TPSA) is 109 Å². The summed E-state index contributed by atoms with van der Waals surface area (Å²) in [6.45, 7) is 6.19. The summed E-state index contributed by atoms with van der Waals surface area (Å²) in [6.07, 6.45) is 0.0372. The number of hydrogen-bond donors (Lipinski definition) is 2. The molecular formula is C26H27N3O5. The molecule has 2 heterocycles. The third-order valence-corrected chi connectivity index (χ3v) is 6.09. The first-order chi connectivity index (χ1) is 16.4. The Labute approximate surface area is 197 Å². The molecule has 0 saturated heterocycles. The Bertz CT molecular complexity index is 1240. The first-order valence-electron chi connectivity index (χ1n) is 11.4. The van der Waals surface area contributed by atoms with Crippen LogP contribution in [-0.4, -0.2) is 52.0 Å². The lowest BCUT2D eigenvalue weighted by Crippen LogP contribution is -2.35. The minimum Gasteiger partial charge on any atom is -0.478 e. The molecule has 0 radical (unpaired) electrons. The quantitative estimate of drug-likeness (QED) is 0.514. The third-order valence-electron chi connectivity index (χ3n) is 6.09. The van der Waals surface area contributed by atoms with E-state index < -0.39 is 23.9 Å². The Morgan fingerprint density at radius 3 is 2.53 bits per heavy atom. The van der Waals surface area contributed by atoms with Crippen LogP contribution in [0.3, 0.4) is 0 Å². The SMILES string of the molecule is CCC(OC(=O)c1c2c(nc3ccccc13)CCN(CC)C2)C(=O)Nc1ccc(C(=O)O)cc1. The minimum atomic E-state index is -1.05. The molecule has 1 unspecified atom stereocenters. The Morgan fingerprint density at radius 2 is 1.85 bits per heavy atom. The van der Waals surface area contributed by atoms with E-state index in [9.17, 15) is 14.4 Å². The van der Waals surface area contributed by atoms with Crippen molar-refractivity contribution in [1.29, 1.82) is 0 Å². The number of carboxylic acids is 1. The van der Waals surface area contributed by atoms with Gasteiger partial charge in [0, 0.05) is 41.8 Å². The summed E-state index contributed by atoms with van der Waals surface area (Å²) in [7, 11) is 0. The smallest absolute Gasteiger partial charge is 0.340 e. The van der Waals surface area contributed by atoms with E-state index in [1.165, 1.54) is 24.3 Å². The normalized spacial score (nSPS) is 14.3. The van der Waals surface area contributed by atoms with E-state index in [1.54, 1.807) is 6.92 Å². The molecule has 0 aliphatic carbocycles. The largest absolute Gasteiger partial charge is 0.478 e. The molecule has 0 saturated carbocycles. The lowest BCUT2D eigenvalue weighted by atomic mass is 9.95. The number of nitrogens with zero attached hydrogens (tertiary/aromatic N) is 2. The van der Waals surface area contributed by atoms with Crippen LogP contribution in [0, 0.1) is 0 Å². The van der Waals surface area contributed by atoms with Crippen LogP contribution < -0.4 is 5.32 Å². The molecule has 34 heavy (non-hydrogen) atoms. The highest BCUT2D eigenvalue weighted by atomic mass is 16.5. The maximum atomic E-state index is 13.5. The summed E-state index contributed by atoms with van der Waals surface area (Å²) in [6, 6.07) is 13.3. The van der Waals surface area contributed by atoms with Gasteiger partial charge in [-0.1, -0.05) is 32.0 Å². The molecule has 2 N–H and O–H groups in total. The number of amides is 1. The lowest BCUT2D eigenvalue weighted by molar-refractivity contribution is -0.124. The highest BCUT2D eigenvalue weighted by molar-refractivity contribution is 6.06. The number of nitrogens with one attached hydrogen (secondary N) is 1. The number of esters is 1. The molecule has 1 atom stereocenters. The fraction of sp³-hybridized carbons (Fsp3) is 0.308. The van der Waals surface area contributed by atoms with Crippen molar-refractivity contribution in [1.82, 2.24) is 9.88 Å². The Balaban J connectivity index is 1.60. The number of anilines is 1. The van der Waals surface area contributed by atoms with Gasteiger partial charge in [-0.25, -0.2) is 9.59 Å². The predicted molar refractivity (Wildman–Crippen MR) is 128 cm³/mol. The zero-order valence-corrected chi connectivity index (χ0v) is 19.2. The maximum Gasteiger partial charge on any atom is 0.340 e. The number of fused-ring (bicyclic) bond motifs is 2. The molecule has 3 aromatic rings. The van der Waals surface area contributed by atoms with Crippen LogP contribution in [0.5, 0.6) is 0 Å². The van der Waals surface area contributed by atoms with Gasteiger partial charge < -0.3 is 15.2 Å². The number of ether oxygens (including phenoxy) is 1. The molecular weight excluding hydrogens is 434 g/mol. The summed E-state index contributed by atoms with van der Waals surface area (Å²) in [5.74, 6) is -2.06. The molecule has 1 aliphatic heterocycles. The fourth-order valence-corrected chi connectivity index (χ4v) is 4.18. The number of likely N-dealkylation sites (N-methyl/N-ethyl adjacent to an activating group) is 1. The van der Waals surface area contributed by atoms with E-state index in [0.717, 1.165) is 36.3 Å². The van der Waals surface area contributed by atoms with Crippen LogP contribution in [-0.2, 0) is 22.5 Å². The van der Waals surface area contributed by atoms with Crippen LogP contribution in [0.1, 0.15) is 52.2 Å². The van der Waals surface area contributed by atoms with Crippen LogP contribution in [0.2, 0.25) is 0 Å². The lowest BCUT2D eigenvalue weighted by Gasteiger charge is -2.29. The number of rotatable bonds is 7. The second-order valence-corrected chi connectivity index (χ2v) is 8.22. The molecule has 4 rings (SSSR count). The van der Waals surface area contributed by atoms with E-state index in [2.05, 4.69) is 17.1 Å². The zero-order valence-electron chi connectivity index (χ0n) is 19.2. The first kappa shape index (κ1) is 23.4.